The Balaban J connectivity index is 1.62. The molecule has 6 nitrogen and oxygen atoms in total. The molecular formula is C22H40N6. The molecule has 3 rings (SSSR count). The summed E-state index contributed by atoms with van der Waals surface area (Å²) in [6.07, 6.45) is 9.76. The second-order valence-electron chi connectivity index (χ2n) is 9.15. The molecule has 28 heavy (non-hydrogen) atoms. The van der Waals surface area contributed by atoms with E-state index in [0.717, 1.165) is 38.1 Å². The van der Waals surface area contributed by atoms with Crippen molar-refractivity contribution < 1.29 is 0 Å². The van der Waals surface area contributed by atoms with Crippen LogP contribution < -0.4 is 5.32 Å². The average molecular weight is 389 g/mol. The highest BCUT2D eigenvalue weighted by Crippen LogP contribution is 2.27. The number of imidazole rings is 1. The van der Waals surface area contributed by atoms with Crippen LogP contribution in [0.1, 0.15) is 53.0 Å². The van der Waals surface area contributed by atoms with Crippen LogP contribution in [0.3, 0.4) is 0 Å². The van der Waals surface area contributed by atoms with E-state index in [-0.39, 0.29) is 0 Å². The van der Waals surface area contributed by atoms with Gasteiger partial charge in [-0.05, 0) is 50.5 Å². The first-order valence-corrected chi connectivity index (χ1v) is 11.3. The van der Waals surface area contributed by atoms with Crippen molar-refractivity contribution in [3.05, 3.63) is 18.7 Å². The number of hydrogen-bond donors (Lipinski definition) is 1. The van der Waals surface area contributed by atoms with Crippen molar-refractivity contribution in [2.45, 2.75) is 53.0 Å². The van der Waals surface area contributed by atoms with Crippen LogP contribution in [-0.2, 0) is 0 Å². The van der Waals surface area contributed by atoms with Gasteiger partial charge in [0.1, 0.15) is 0 Å². The molecule has 2 fully saturated rings. The molecule has 1 aromatic rings. The van der Waals surface area contributed by atoms with Gasteiger partial charge in [0, 0.05) is 51.7 Å². The molecular weight excluding hydrogens is 348 g/mol. The van der Waals surface area contributed by atoms with Crippen LogP contribution in [0.4, 0.5) is 0 Å². The standard InChI is InChI=1S/C22H40N6/c1-5-24-22(25-13-20-7-6-10-26(15-20)14-18(2)3)27-11-8-19(4)21(16-27)28-12-9-23-17-28/h9,12,17-21H,5-8,10-11,13-16H2,1-4H3,(H,24,25). The molecule has 0 spiro atoms. The zero-order valence-corrected chi connectivity index (χ0v) is 18.3. The molecule has 0 bridgehead atoms. The first-order chi connectivity index (χ1) is 13.6. The molecule has 0 aliphatic carbocycles. The summed E-state index contributed by atoms with van der Waals surface area (Å²) in [4.78, 5) is 14.5. The van der Waals surface area contributed by atoms with Gasteiger partial charge in [0.2, 0.25) is 0 Å². The fourth-order valence-electron chi connectivity index (χ4n) is 4.72. The highest BCUT2D eigenvalue weighted by Gasteiger charge is 2.29. The fourth-order valence-corrected chi connectivity index (χ4v) is 4.72. The highest BCUT2D eigenvalue weighted by molar-refractivity contribution is 5.80. The van der Waals surface area contributed by atoms with Gasteiger partial charge in [-0.3, -0.25) is 4.99 Å². The number of nitrogens with zero attached hydrogens (tertiary/aromatic N) is 5. The van der Waals surface area contributed by atoms with E-state index in [4.69, 9.17) is 4.99 Å². The number of hydrogen-bond acceptors (Lipinski definition) is 3. The van der Waals surface area contributed by atoms with Crippen LogP contribution in [0, 0.1) is 17.8 Å². The Kier molecular flexibility index (Phi) is 7.77. The lowest BCUT2D eigenvalue weighted by atomic mass is 9.93. The number of likely N-dealkylation sites (tertiary alicyclic amines) is 2. The summed E-state index contributed by atoms with van der Waals surface area (Å²) >= 11 is 0. The van der Waals surface area contributed by atoms with Crippen molar-refractivity contribution >= 4 is 5.96 Å². The minimum Gasteiger partial charge on any atom is -0.357 e. The Labute approximate surface area is 171 Å². The summed E-state index contributed by atoms with van der Waals surface area (Å²) < 4.78 is 2.27. The Morgan fingerprint density at radius 1 is 1.25 bits per heavy atom. The number of rotatable bonds is 6. The predicted molar refractivity (Wildman–Crippen MR) is 117 cm³/mol. The van der Waals surface area contributed by atoms with Gasteiger partial charge >= 0.3 is 0 Å². The monoisotopic (exact) mass is 388 g/mol. The van der Waals surface area contributed by atoms with Gasteiger partial charge < -0.3 is 19.7 Å². The lowest BCUT2D eigenvalue weighted by Gasteiger charge is -2.39. The Bertz CT molecular complexity index is 596. The Morgan fingerprint density at radius 3 is 2.82 bits per heavy atom. The molecule has 1 aromatic heterocycles. The van der Waals surface area contributed by atoms with Crippen LogP contribution in [0.5, 0.6) is 0 Å². The third kappa shape index (κ3) is 5.72. The number of aliphatic imine (C=N–C) groups is 1. The molecule has 3 unspecified atom stereocenters. The van der Waals surface area contributed by atoms with Crippen molar-refractivity contribution in [3.63, 3.8) is 0 Å². The summed E-state index contributed by atoms with van der Waals surface area (Å²) in [5, 5.41) is 3.55. The van der Waals surface area contributed by atoms with Crippen molar-refractivity contribution in [3.8, 4) is 0 Å². The van der Waals surface area contributed by atoms with E-state index >= 15 is 0 Å². The quantitative estimate of drug-likeness (QED) is 0.601. The van der Waals surface area contributed by atoms with Gasteiger partial charge in [-0.15, -0.1) is 0 Å². The summed E-state index contributed by atoms with van der Waals surface area (Å²) in [5.74, 6) is 3.20. The van der Waals surface area contributed by atoms with Crippen LogP contribution in [-0.4, -0.2) is 71.1 Å². The Morgan fingerprint density at radius 2 is 2.11 bits per heavy atom. The molecule has 2 aliphatic heterocycles. The fraction of sp³-hybridized carbons (Fsp3) is 0.818. The van der Waals surface area contributed by atoms with Gasteiger partial charge in [0.25, 0.3) is 0 Å². The van der Waals surface area contributed by atoms with Gasteiger partial charge in [-0.25, -0.2) is 4.98 Å². The molecule has 6 heteroatoms. The minimum absolute atomic E-state index is 0.469. The predicted octanol–water partition coefficient (Wildman–Crippen LogP) is 3.10. The van der Waals surface area contributed by atoms with Crippen LogP contribution in [0.2, 0.25) is 0 Å². The van der Waals surface area contributed by atoms with E-state index in [1.807, 2.05) is 12.5 Å². The number of nitrogens with one attached hydrogen (secondary N) is 1. The minimum atomic E-state index is 0.469. The lowest BCUT2D eigenvalue weighted by Crippen LogP contribution is -2.49. The summed E-state index contributed by atoms with van der Waals surface area (Å²) in [5.41, 5.74) is 0. The van der Waals surface area contributed by atoms with Crippen molar-refractivity contribution in [2.24, 2.45) is 22.7 Å². The normalized spacial score (nSPS) is 27.4. The van der Waals surface area contributed by atoms with E-state index in [1.165, 1.54) is 38.9 Å². The largest absolute Gasteiger partial charge is 0.357 e. The van der Waals surface area contributed by atoms with Crippen LogP contribution >= 0.6 is 0 Å². The maximum atomic E-state index is 5.10. The van der Waals surface area contributed by atoms with Crippen molar-refractivity contribution in [2.75, 3.05) is 45.8 Å². The molecule has 0 saturated carbocycles. The molecule has 0 radical (unpaired) electrons. The smallest absolute Gasteiger partial charge is 0.193 e. The first-order valence-electron chi connectivity index (χ1n) is 11.3. The Hall–Kier alpha value is -1.56. The maximum Gasteiger partial charge on any atom is 0.193 e. The number of aromatic nitrogens is 2. The SMILES string of the molecule is CCNC(=NCC1CCCN(CC(C)C)C1)N1CCC(C)C(n2ccnc2)C1. The van der Waals surface area contributed by atoms with E-state index in [1.54, 1.807) is 0 Å². The first kappa shape index (κ1) is 21.2. The molecule has 158 valence electrons. The molecule has 1 N–H and O–H groups in total. The third-order valence-corrected chi connectivity index (χ3v) is 6.19. The molecule has 3 heterocycles. The summed E-state index contributed by atoms with van der Waals surface area (Å²) in [6.45, 7) is 16.8. The second kappa shape index (κ2) is 10.3. The van der Waals surface area contributed by atoms with Crippen molar-refractivity contribution in [1.82, 2.24) is 24.7 Å². The lowest BCUT2D eigenvalue weighted by molar-refractivity contribution is 0.161. The van der Waals surface area contributed by atoms with E-state index < -0.39 is 0 Å². The molecule has 2 aliphatic rings. The molecule has 0 amide bonds. The topological polar surface area (TPSA) is 48.7 Å². The number of piperidine rings is 2. The summed E-state index contributed by atoms with van der Waals surface area (Å²) in [6, 6.07) is 0.469. The van der Waals surface area contributed by atoms with Gasteiger partial charge in [0.05, 0.1) is 12.4 Å². The van der Waals surface area contributed by atoms with Crippen molar-refractivity contribution in [1.29, 1.82) is 0 Å². The zero-order valence-electron chi connectivity index (χ0n) is 18.3. The molecule has 0 aromatic carbocycles. The van der Waals surface area contributed by atoms with Crippen LogP contribution in [0.25, 0.3) is 0 Å². The van der Waals surface area contributed by atoms with Gasteiger partial charge in [-0.1, -0.05) is 20.8 Å². The van der Waals surface area contributed by atoms with Crippen LogP contribution in [0.15, 0.2) is 23.7 Å². The van der Waals surface area contributed by atoms with E-state index in [2.05, 4.69) is 58.6 Å². The molecule has 2 saturated heterocycles. The third-order valence-electron chi connectivity index (χ3n) is 6.19. The molecule has 3 atom stereocenters. The highest BCUT2D eigenvalue weighted by atomic mass is 15.3. The average Bonchev–Trinajstić information content (AvgIpc) is 3.20. The zero-order chi connectivity index (χ0) is 19.9. The van der Waals surface area contributed by atoms with E-state index in [0.29, 0.717) is 17.9 Å². The summed E-state index contributed by atoms with van der Waals surface area (Å²) in [7, 11) is 0. The van der Waals surface area contributed by atoms with E-state index in [9.17, 15) is 0 Å². The number of guanidine groups is 1. The maximum absolute atomic E-state index is 5.10. The second-order valence-corrected chi connectivity index (χ2v) is 9.15. The van der Waals surface area contributed by atoms with Gasteiger partial charge in [0.15, 0.2) is 5.96 Å². The van der Waals surface area contributed by atoms with Gasteiger partial charge in [-0.2, -0.15) is 0 Å².